The second-order valence-electron chi connectivity index (χ2n) is 6.18. The molecule has 27 heavy (non-hydrogen) atoms. The van der Waals surface area contributed by atoms with Crippen molar-refractivity contribution in [1.29, 1.82) is 0 Å². The van der Waals surface area contributed by atoms with E-state index in [-0.39, 0.29) is 33.8 Å². The van der Waals surface area contributed by atoms with Gasteiger partial charge < -0.3 is 20.5 Å². The van der Waals surface area contributed by atoms with E-state index >= 15 is 0 Å². The van der Waals surface area contributed by atoms with Gasteiger partial charge in [-0.2, -0.15) is 0 Å². The number of esters is 1. The molecule has 0 unspecified atom stereocenters. The van der Waals surface area contributed by atoms with Crippen LogP contribution in [0.3, 0.4) is 0 Å². The zero-order chi connectivity index (χ0) is 20.0. The van der Waals surface area contributed by atoms with Crippen molar-refractivity contribution < 1.29 is 19.1 Å². The number of nitrogens with two attached hydrogens (primary N) is 1. The van der Waals surface area contributed by atoms with Crippen LogP contribution in [0.25, 0.3) is 0 Å². The number of hydrogen-bond acceptors (Lipinski definition) is 5. The molecule has 0 aliphatic rings. The first-order valence-corrected chi connectivity index (χ1v) is 8.88. The van der Waals surface area contributed by atoms with Gasteiger partial charge in [0, 0.05) is 12.6 Å². The highest BCUT2D eigenvalue weighted by atomic mass is 35.5. The number of benzene rings is 2. The van der Waals surface area contributed by atoms with E-state index in [1.54, 1.807) is 0 Å². The maximum Gasteiger partial charge on any atom is 0.342 e. The molecule has 0 aliphatic carbocycles. The van der Waals surface area contributed by atoms with Crippen molar-refractivity contribution >= 4 is 29.2 Å². The van der Waals surface area contributed by atoms with Gasteiger partial charge in [-0.25, -0.2) is 4.79 Å². The van der Waals surface area contributed by atoms with Gasteiger partial charge in [0.05, 0.1) is 17.8 Å². The maximum absolute atomic E-state index is 12.4. The minimum Gasteiger partial charge on any atom is -0.496 e. The summed E-state index contributed by atoms with van der Waals surface area (Å²) in [7, 11) is 1.40. The van der Waals surface area contributed by atoms with E-state index in [1.807, 2.05) is 37.3 Å². The van der Waals surface area contributed by atoms with Gasteiger partial charge >= 0.3 is 5.97 Å². The molecule has 144 valence electrons. The lowest BCUT2D eigenvalue weighted by molar-refractivity contribution is -0.129. The first-order chi connectivity index (χ1) is 12.8. The zero-order valence-electron chi connectivity index (χ0n) is 15.5. The Hall–Kier alpha value is -2.73. The third kappa shape index (κ3) is 5.37. The Kier molecular flexibility index (Phi) is 7.07. The van der Waals surface area contributed by atoms with Gasteiger partial charge in [0.2, 0.25) is 0 Å². The van der Waals surface area contributed by atoms with Crippen LogP contribution in [0, 0.1) is 0 Å². The van der Waals surface area contributed by atoms with Crippen molar-refractivity contribution in [2.75, 3.05) is 19.4 Å². The normalized spacial score (nSPS) is 12.7. The van der Waals surface area contributed by atoms with Crippen molar-refractivity contribution in [1.82, 2.24) is 5.32 Å². The summed E-state index contributed by atoms with van der Waals surface area (Å²) in [4.78, 5) is 24.6. The number of ether oxygens (including phenoxy) is 2. The molecule has 1 amide bonds. The minimum atomic E-state index is -0.971. The highest BCUT2D eigenvalue weighted by molar-refractivity contribution is 6.33. The van der Waals surface area contributed by atoms with E-state index in [0.717, 1.165) is 5.56 Å². The van der Waals surface area contributed by atoms with Crippen molar-refractivity contribution in [2.24, 2.45) is 0 Å². The highest BCUT2D eigenvalue weighted by Crippen LogP contribution is 2.29. The van der Waals surface area contributed by atoms with Crippen molar-refractivity contribution in [3.05, 3.63) is 58.6 Å². The fraction of sp³-hybridized carbons (Fsp3) is 0.300. The monoisotopic (exact) mass is 390 g/mol. The molecule has 0 aromatic heterocycles. The summed E-state index contributed by atoms with van der Waals surface area (Å²) in [5.74, 6) is -0.736. The van der Waals surface area contributed by atoms with Gasteiger partial charge in [-0.05, 0) is 24.5 Å². The fourth-order valence-corrected chi connectivity index (χ4v) is 2.64. The predicted octanol–water partition coefficient (Wildman–Crippen LogP) is 3.40. The van der Waals surface area contributed by atoms with E-state index in [2.05, 4.69) is 5.32 Å². The largest absolute Gasteiger partial charge is 0.496 e. The maximum atomic E-state index is 12.4. The summed E-state index contributed by atoms with van der Waals surface area (Å²) in [5.41, 5.74) is 7.21. The Labute approximate surface area is 163 Å². The molecule has 0 saturated heterocycles. The van der Waals surface area contributed by atoms with E-state index in [0.29, 0.717) is 6.54 Å². The summed E-state index contributed by atoms with van der Waals surface area (Å²) in [6.45, 7) is 3.95. The van der Waals surface area contributed by atoms with Crippen LogP contribution in [0.1, 0.15) is 35.7 Å². The standard InChI is InChI=1S/C20H23ClN2O4/c1-12(14-7-5-4-6-8-14)11-23-19(24)13(2)27-20(25)15-9-16(21)17(22)10-18(15)26-3/h4-10,12-13H,11,22H2,1-3H3,(H,23,24)/t12-,13-/m1/s1. The second kappa shape index (κ2) is 9.28. The average Bonchev–Trinajstić information content (AvgIpc) is 2.67. The molecular formula is C20H23ClN2O4. The fourth-order valence-electron chi connectivity index (χ4n) is 2.47. The molecule has 2 rings (SSSR count). The van der Waals surface area contributed by atoms with Crippen LogP contribution in [-0.2, 0) is 9.53 Å². The van der Waals surface area contributed by atoms with E-state index < -0.39 is 12.1 Å². The van der Waals surface area contributed by atoms with Crippen LogP contribution in [-0.4, -0.2) is 31.6 Å². The van der Waals surface area contributed by atoms with Crippen LogP contribution >= 0.6 is 11.6 Å². The summed E-state index contributed by atoms with van der Waals surface area (Å²) in [6, 6.07) is 12.6. The Morgan fingerprint density at radius 1 is 1.19 bits per heavy atom. The second-order valence-corrected chi connectivity index (χ2v) is 6.59. The molecule has 0 saturated carbocycles. The number of carbonyl (C=O) groups is 2. The van der Waals surface area contributed by atoms with Gasteiger partial charge in [-0.1, -0.05) is 48.9 Å². The van der Waals surface area contributed by atoms with Gasteiger partial charge in [0.1, 0.15) is 11.3 Å². The first-order valence-electron chi connectivity index (χ1n) is 8.50. The number of carbonyl (C=O) groups excluding carboxylic acids is 2. The smallest absolute Gasteiger partial charge is 0.342 e. The average molecular weight is 391 g/mol. The topological polar surface area (TPSA) is 90.7 Å². The summed E-state index contributed by atoms with van der Waals surface area (Å²) in [6.07, 6.45) is -0.971. The molecule has 0 radical (unpaired) electrons. The SMILES string of the molecule is COc1cc(N)c(Cl)cc1C(=O)O[C@H](C)C(=O)NC[C@@H](C)c1ccccc1. The third-order valence-electron chi connectivity index (χ3n) is 4.14. The van der Waals surface area contributed by atoms with E-state index in [4.69, 9.17) is 26.8 Å². The highest BCUT2D eigenvalue weighted by Gasteiger charge is 2.22. The molecule has 2 aromatic rings. The van der Waals surface area contributed by atoms with E-state index in [1.165, 1.54) is 26.2 Å². The molecule has 2 atom stereocenters. The van der Waals surface area contributed by atoms with Crippen LogP contribution in [0.4, 0.5) is 5.69 Å². The predicted molar refractivity (Wildman–Crippen MR) is 105 cm³/mol. The Morgan fingerprint density at radius 3 is 2.48 bits per heavy atom. The molecule has 7 heteroatoms. The van der Waals surface area contributed by atoms with Crippen LogP contribution in [0.2, 0.25) is 5.02 Å². The molecule has 0 spiro atoms. The molecule has 0 fully saturated rings. The molecule has 2 aromatic carbocycles. The Morgan fingerprint density at radius 2 is 1.85 bits per heavy atom. The van der Waals surface area contributed by atoms with Crippen LogP contribution in [0.15, 0.2) is 42.5 Å². The number of methoxy groups -OCH3 is 1. The number of rotatable bonds is 7. The third-order valence-corrected chi connectivity index (χ3v) is 4.47. The molecule has 6 nitrogen and oxygen atoms in total. The van der Waals surface area contributed by atoms with Crippen molar-refractivity contribution in [3.63, 3.8) is 0 Å². The van der Waals surface area contributed by atoms with Crippen LogP contribution < -0.4 is 15.8 Å². The first kappa shape index (κ1) is 20.6. The molecule has 0 aliphatic heterocycles. The van der Waals surface area contributed by atoms with Crippen LogP contribution in [0.5, 0.6) is 5.75 Å². The minimum absolute atomic E-state index is 0.106. The van der Waals surface area contributed by atoms with E-state index in [9.17, 15) is 9.59 Å². The van der Waals surface area contributed by atoms with Gasteiger partial charge in [-0.3, -0.25) is 4.79 Å². The zero-order valence-corrected chi connectivity index (χ0v) is 16.2. The van der Waals surface area contributed by atoms with Crippen molar-refractivity contribution in [2.45, 2.75) is 25.9 Å². The van der Waals surface area contributed by atoms with Gasteiger partial charge in [0.25, 0.3) is 5.91 Å². The molecular weight excluding hydrogens is 368 g/mol. The van der Waals surface area contributed by atoms with Gasteiger partial charge in [0.15, 0.2) is 6.10 Å². The number of anilines is 1. The summed E-state index contributed by atoms with van der Waals surface area (Å²) in [5, 5.41) is 3.00. The number of amides is 1. The Bertz CT molecular complexity index is 811. The summed E-state index contributed by atoms with van der Waals surface area (Å²) >= 11 is 5.96. The van der Waals surface area contributed by atoms with Gasteiger partial charge in [-0.15, -0.1) is 0 Å². The number of nitrogens with one attached hydrogen (secondary N) is 1. The summed E-state index contributed by atoms with van der Waals surface area (Å²) < 4.78 is 10.4. The number of hydrogen-bond donors (Lipinski definition) is 2. The molecule has 0 bridgehead atoms. The quantitative estimate of drug-likeness (QED) is 0.558. The number of nitrogen functional groups attached to an aromatic ring is 1. The Balaban J connectivity index is 1.96. The number of halogens is 1. The lowest BCUT2D eigenvalue weighted by Crippen LogP contribution is -2.37. The lowest BCUT2D eigenvalue weighted by Gasteiger charge is -2.17. The molecule has 3 N–H and O–H groups in total. The lowest BCUT2D eigenvalue weighted by atomic mass is 10.0. The molecule has 0 heterocycles. The van der Waals surface area contributed by atoms with Crippen molar-refractivity contribution in [3.8, 4) is 5.75 Å².